The third-order valence-electron chi connectivity index (χ3n) is 4.79. The highest BCUT2D eigenvalue weighted by molar-refractivity contribution is 5.66. The van der Waals surface area contributed by atoms with Gasteiger partial charge < -0.3 is 10.3 Å². The van der Waals surface area contributed by atoms with Gasteiger partial charge in [0.15, 0.2) is 5.69 Å². The molecule has 0 aliphatic carbocycles. The molecule has 0 aliphatic heterocycles. The van der Waals surface area contributed by atoms with Gasteiger partial charge in [0.2, 0.25) is 11.4 Å². The Balaban J connectivity index is 2.57. The molecule has 0 fully saturated rings. The van der Waals surface area contributed by atoms with Gasteiger partial charge in [-0.25, -0.2) is 4.73 Å². The lowest BCUT2D eigenvalue weighted by atomic mass is 10.1. The van der Waals surface area contributed by atoms with Crippen molar-refractivity contribution in [1.82, 2.24) is 14.8 Å². The highest BCUT2D eigenvalue weighted by Crippen LogP contribution is 2.29. The van der Waals surface area contributed by atoms with Crippen LogP contribution in [0.2, 0.25) is 0 Å². The van der Waals surface area contributed by atoms with E-state index in [1.54, 1.807) is 0 Å². The van der Waals surface area contributed by atoms with Crippen molar-refractivity contribution in [3.05, 3.63) is 47.1 Å². The minimum absolute atomic E-state index is 0.0265. The number of aromatic nitrogens is 2. The zero-order chi connectivity index (χ0) is 19.1. The minimum Gasteiger partial charge on any atom is -0.710 e. The third-order valence-corrected chi connectivity index (χ3v) is 4.79. The Morgan fingerprint density at radius 3 is 2.00 bits per heavy atom. The Labute approximate surface area is 156 Å². The standard InChI is InChI=1S/C20H30N4O2/c1-5-22(6-2)14-17-20(25)19(16-12-10-9-11-13-16)21-18(24(17)26)15-23(7-3)8-4/h9-13,25H,5-8,14-15H2,1-4H3. The van der Waals surface area contributed by atoms with Crippen LogP contribution in [0, 0.1) is 5.21 Å². The van der Waals surface area contributed by atoms with E-state index < -0.39 is 0 Å². The Hall–Kier alpha value is -2.18. The number of benzene rings is 1. The summed E-state index contributed by atoms with van der Waals surface area (Å²) in [6.45, 7) is 12.4. The van der Waals surface area contributed by atoms with Crippen LogP contribution < -0.4 is 4.73 Å². The van der Waals surface area contributed by atoms with Crippen LogP contribution in [0.15, 0.2) is 30.3 Å². The van der Waals surface area contributed by atoms with Gasteiger partial charge >= 0.3 is 5.82 Å². The zero-order valence-corrected chi connectivity index (χ0v) is 16.3. The van der Waals surface area contributed by atoms with Crippen LogP contribution >= 0.6 is 0 Å². The molecule has 0 spiro atoms. The lowest BCUT2D eigenvalue weighted by molar-refractivity contribution is -0.628. The molecule has 0 saturated heterocycles. The molecular formula is C20H30N4O2. The van der Waals surface area contributed by atoms with Gasteiger partial charge in [0.25, 0.3) is 0 Å². The van der Waals surface area contributed by atoms with Crippen LogP contribution in [0.25, 0.3) is 11.3 Å². The normalized spacial score (nSPS) is 11.5. The first-order valence-electron chi connectivity index (χ1n) is 9.39. The maximum Gasteiger partial charge on any atom is 0.316 e. The molecule has 6 nitrogen and oxygen atoms in total. The van der Waals surface area contributed by atoms with Crippen molar-refractivity contribution in [3.8, 4) is 17.0 Å². The van der Waals surface area contributed by atoms with Crippen molar-refractivity contribution in [2.24, 2.45) is 0 Å². The van der Waals surface area contributed by atoms with Crippen LogP contribution in [0.3, 0.4) is 0 Å². The number of hydrogen-bond donors (Lipinski definition) is 1. The number of rotatable bonds is 9. The van der Waals surface area contributed by atoms with Gasteiger partial charge in [-0.05, 0) is 31.2 Å². The molecule has 0 unspecified atom stereocenters. The van der Waals surface area contributed by atoms with E-state index in [9.17, 15) is 10.3 Å². The summed E-state index contributed by atoms with van der Waals surface area (Å²) in [5, 5.41) is 23.8. The summed E-state index contributed by atoms with van der Waals surface area (Å²) in [5.74, 6) is 0.397. The lowest BCUT2D eigenvalue weighted by Crippen LogP contribution is -2.43. The van der Waals surface area contributed by atoms with Crippen molar-refractivity contribution < 1.29 is 9.84 Å². The maximum atomic E-state index is 12.9. The molecule has 2 rings (SSSR count). The second-order valence-corrected chi connectivity index (χ2v) is 6.26. The van der Waals surface area contributed by atoms with Gasteiger partial charge in [0.05, 0.1) is 6.54 Å². The second-order valence-electron chi connectivity index (χ2n) is 6.26. The summed E-state index contributed by atoms with van der Waals surface area (Å²) < 4.78 is 0.818. The fourth-order valence-corrected chi connectivity index (χ4v) is 2.96. The number of nitrogens with zero attached hydrogens (tertiary/aromatic N) is 4. The minimum atomic E-state index is -0.0265. The summed E-state index contributed by atoms with van der Waals surface area (Å²) in [4.78, 5) is 8.79. The Bertz CT molecular complexity index is 699. The average molecular weight is 358 g/mol. The van der Waals surface area contributed by atoms with E-state index >= 15 is 0 Å². The predicted octanol–water partition coefficient (Wildman–Crippen LogP) is 2.77. The maximum absolute atomic E-state index is 12.9. The predicted molar refractivity (Wildman–Crippen MR) is 104 cm³/mol. The summed E-state index contributed by atoms with van der Waals surface area (Å²) in [5.41, 5.74) is 1.65. The van der Waals surface area contributed by atoms with E-state index in [0.29, 0.717) is 30.3 Å². The van der Waals surface area contributed by atoms with E-state index in [-0.39, 0.29) is 5.75 Å². The molecule has 6 heteroatoms. The first-order chi connectivity index (χ1) is 12.5. The van der Waals surface area contributed by atoms with E-state index in [2.05, 4.69) is 28.6 Å². The smallest absolute Gasteiger partial charge is 0.316 e. The number of hydrogen-bond acceptors (Lipinski definition) is 5. The third kappa shape index (κ3) is 4.51. The highest BCUT2D eigenvalue weighted by atomic mass is 16.5. The van der Waals surface area contributed by atoms with E-state index in [0.717, 1.165) is 36.5 Å². The molecule has 142 valence electrons. The van der Waals surface area contributed by atoms with E-state index in [1.165, 1.54) is 0 Å². The summed E-state index contributed by atoms with van der Waals surface area (Å²) in [6.07, 6.45) is 0. The van der Waals surface area contributed by atoms with Crippen LogP contribution in [0.4, 0.5) is 0 Å². The largest absolute Gasteiger partial charge is 0.710 e. The summed E-state index contributed by atoms with van der Waals surface area (Å²) in [7, 11) is 0. The van der Waals surface area contributed by atoms with Gasteiger partial charge in [0, 0.05) is 5.56 Å². The Morgan fingerprint density at radius 2 is 1.46 bits per heavy atom. The van der Waals surface area contributed by atoms with Gasteiger partial charge in [-0.1, -0.05) is 58.0 Å². The topological polar surface area (TPSA) is 66.5 Å². The lowest BCUT2D eigenvalue weighted by Gasteiger charge is -2.23. The van der Waals surface area contributed by atoms with Gasteiger partial charge in [-0.15, -0.1) is 0 Å². The first-order valence-corrected chi connectivity index (χ1v) is 9.39. The molecule has 1 heterocycles. The number of aromatic hydroxyl groups is 1. The molecule has 1 aromatic carbocycles. The molecule has 0 atom stereocenters. The summed E-state index contributed by atoms with van der Waals surface area (Å²) >= 11 is 0. The first kappa shape index (κ1) is 20.1. The fourth-order valence-electron chi connectivity index (χ4n) is 2.96. The Morgan fingerprint density at radius 1 is 0.923 bits per heavy atom. The monoisotopic (exact) mass is 358 g/mol. The Kier molecular flexibility index (Phi) is 7.36. The average Bonchev–Trinajstić information content (AvgIpc) is 2.68. The molecule has 1 N–H and O–H groups in total. The second kappa shape index (κ2) is 9.50. The van der Waals surface area contributed by atoms with Crippen molar-refractivity contribution in [2.75, 3.05) is 26.2 Å². The molecule has 0 amide bonds. The van der Waals surface area contributed by atoms with Crippen molar-refractivity contribution >= 4 is 0 Å². The van der Waals surface area contributed by atoms with Gasteiger partial charge in [0.1, 0.15) is 6.54 Å². The molecule has 0 radical (unpaired) electrons. The molecule has 0 saturated carbocycles. The van der Waals surface area contributed by atoms with Crippen LogP contribution in [-0.4, -0.2) is 46.1 Å². The van der Waals surface area contributed by atoms with Crippen LogP contribution in [0.1, 0.15) is 39.2 Å². The van der Waals surface area contributed by atoms with Gasteiger partial charge in [-0.3, -0.25) is 9.80 Å². The molecular weight excluding hydrogens is 328 g/mol. The van der Waals surface area contributed by atoms with Crippen LogP contribution in [0.5, 0.6) is 5.75 Å². The SMILES string of the molecule is CCN(CC)Cc1nc(-c2ccccc2)c(O)c(CN(CC)CC)[n+]1[O-]. The molecule has 0 bridgehead atoms. The summed E-state index contributed by atoms with van der Waals surface area (Å²) in [6, 6.07) is 9.54. The van der Waals surface area contributed by atoms with Crippen molar-refractivity contribution in [2.45, 2.75) is 40.8 Å². The fraction of sp³-hybridized carbons (Fsp3) is 0.500. The van der Waals surface area contributed by atoms with E-state index in [4.69, 9.17) is 0 Å². The van der Waals surface area contributed by atoms with Crippen molar-refractivity contribution in [3.63, 3.8) is 0 Å². The molecule has 0 aliphatic rings. The van der Waals surface area contributed by atoms with Crippen LogP contribution in [-0.2, 0) is 13.1 Å². The molecule has 1 aromatic heterocycles. The van der Waals surface area contributed by atoms with E-state index in [1.807, 2.05) is 44.2 Å². The van der Waals surface area contributed by atoms with Crippen molar-refractivity contribution in [1.29, 1.82) is 0 Å². The molecule has 2 aromatic rings. The highest BCUT2D eigenvalue weighted by Gasteiger charge is 2.26. The van der Waals surface area contributed by atoms with Gasteiger partial charge in [-0.2, -0.15) is 0 Å². The zero-order valence-electron chi connectivity index (χ0n) is 16.3. The molecule has 26 heavy (non-hydrogen) atoms. The quantitative estimate of drug-likeness (QED) is 0.551.